The first-order chi connectivity index (χ1) is 9.97. The van der Waals surface area contributed by atoms with Crippen LogP contribution in [0.3, 0.4) is 0 Å². The smallest absolute Gasteiger partial charge is 0.339 e. The van der Waals surface area contributed by atoms with Crippen molar-refractivity contribution >= 4 is 27.8 Å². The van der Waals surface area contributed by atoms with E-state index in [0.29, 0.717) is 11.8 Å². The minimum absolute atomic E-state index is 0.0638. The molecule has 2 aliphatic heterocycles. The summed E-state index contributed by atoms with van der Waals surface area (Å²) in [5.41, 5.74) is -2.16. The highest BCUT2D eigenvalue weighted by atomic mass is 79.9. The molecule has 2 N–H and O–H groups in total. The van der Waals surface area contributed by atoms with E-state index in [1.807, 2.05) is 0 Å². The van der Waals surface area contributed by atoms with Gasteiger partial charge in [-0.2, -0.15) is 0 Å². The van der Waals surface area contributed by atoms with E-state index in [0.717, 1.165) is 25.7 Å². The average Bonchev–Trinajstić information content (AvgIpc) is 2.65. The fourth-order valence-corrected chi connectivity index (χ4v) is 4.83. The number of rotatable bonds is 4. The third-order valence-electron chi connectivity index (χ3n) is 5.65. The number of nitrogens with one attached hydrogen (secondary N) is 1. The normalized spacial score (nSPS) is 41.0. The van der Waals surface area contributed by atoms with E-state index < -0.39 is 29.1 Å². The van der Waals surface area contributed by atoms with Gasteiger partial charge >= 0.3 is 5.97 Å². The van der Waals surface area contributed by atoms with Gasteiger partial charge in [0.2, 0.25) is 11.4 Å². The van der Waals surface area contributed by atoms with Crippen LogP contribution >= 0.6 is 15.9 Å². The second-order valence-electron chi connectivity index (χ2n) is 6.67. The van der Waals surface area contributed by atoms with Gasteiger partial charge in [0.15, 0.2) is 5.60 Å². The predicted molar refractivity (Wildman–Crippen MR) is 79.9 cm³/mol. The first-order valence-corrected chi connectivity index (χ1v) is 8.89. The van der Waals surface area contributed by atoms with Gasteiger partial charge in [0, 0.05) is 5.33 Å². The highest BCUT2D eigenvalue weighted by Crippen LogP contribution is 2.53. The summed E-state index contributed by atoms with van der Waals surface area (Å²) >= 11 is 3.35. The minimum Gasteiger partial charge on any atom is -0.453 e. The maximum atomic E-state index is 12.3. The van der Waals surface area contributed by atoms with Crippen LogP contribution in [0.2, 0.25) is 0 Å². The Balaban J connectivity index is 1.90. The van der Waals surface area contributed by atoms with Crippen molar-refractivity contribution in [3.8, 4) is 0 Å². The summed E-state index contributed by atoms with van der Waals surface area (Å²) in [6, 6.07) is 0. The van der Waals surface area contributed by atoms with E-state index in [4.69, 9.17) is 4.74 Å². The second-order valence-corrected chi connectivity index (χ2v) is 7.46. The highest BCUT2D eigenvalue weighted by Gasteiger charge is 2.79. The number of esters is 1. The van der Waals surface area contributed by atoms with Crippen LogP contribution in [0.4, 0.5) is 0 Å². The molecule has 0 aromatic carbocycles. The van der Waals surface area contributed by atoms with Crippen LogP contribution in [-0.2, 0) is 14.3 Å². The zero-order valence-corrected chi connectivity index (χ0v) is 13.8. The zero-order valence-electron chi connectivity index (χ0n) is 12.2. The van der Waals surface area contributed by atoms with Crippen molar-refractivity contribution in [3.63, 3.8) is 0 Å². The summed E-state index contributed by atoms with van der Waals surface area (Å²) in [4.78, 5) is 24.5. The SMILES string of the molecule is C[C@@]12OC(=O)[C@]1([C@@H](O)C1CCCCC1)NC(=O)[C@@H]2CCBr. The van der Waals surface area contributed by atoms with Crippen molar-refractivity contribution in [1.29, 1.82) is 0 Å². The van der Waals surface area contributed by atoms with Crippen molar-refractivity contribution in [2.45, 2.75) is 62.7 Å². The molecule has 1 aliphatic carbocycles. The summed E-state index contributed by atoms with van der Waals surface area (Å²) in [5, 5.41) is 14.3. The van der Waals surface area contributed by atoms with Gasteiger partial charge in [-0.25, -0.2) is 4.79 Å². The van der Waals surface area contributed by atoms with Crippen LogP contribution in [0.25, 0.3) is 0 Å². The number of hydrogen-bond acceptors (Lipinski definition) is 4. The summed E-state index contributed by atoms with van der Waals surface area (Å²) in [6.45, 7) is 1.78. The molecule has 3 rings (SSSR count). The molecule has 6 heteroatoms. The van der Waals surface area contributed by atoms with Gasteiger partial charge < -0.3 is 15.2 Å². The van der Waals surface area contributed by atoms with Gasteiger partial charge in [0.25, 0.3) is 0 Å². The maximum Gasteiger partial charge on any atom is 0.339 e. The summed E-state index contributed by atoms with van der Waals surface area (Å²) in [6.07, 6.45) is 4.88. The monoisotopic (exact) mass is 359 g/mol. The quantitative estimate of drug-likeness (QED) is 0.589. The number of carbonyl (C=O) groups excluding carboxylic acids is 2. The van der Waals surface area contributed by atoms with Crippen LogP contribution in [0.5, 0.6) is 0 Å². The van der Waals surface area contributed by atoms with E-state index >= 15 is 0 Å². The number of aliphatic hydroxyl groups is 1. The Morgan fingerprint density at radius 2 is 2.05 bits per heavy atom. The topological polar surface area (TPSA) is 75.6 Å². The number of amides is 1. The molecule has 0 spiro atoms. The van der Waals surface area contributed by atoms with Crippen LogP contribution < -0.4 is 5.32 Å². The Bertz CT molecular complexity index is 465. The third kappa shape index (κ3) is 1.91. The van der Waals surface area contributed by atoms with Gasteiger partial charge in [-0.15, -0.1) is 0 Å². The summed E-state index contributed by atoms with van der Waals surface area (Å²) in [7, 11) is 0. The van der Waals surface area contributed by atoms with E-state index in [2.05, 4.69) is 21.2 Å². The Labute approximate surface area is 132 Å². The van der Waals surface area contributed by atoms with Crippen molar-refractivity contribution in [2.75, 3.05) is 5.33 Å². The number of aliphatic hydroxyl groups excluding tert-OH is 1. The second kappa shape index (κ2) is 5.23. The number of carbonyl (C=O) groups is 2. The van der Waals surface area contributed by atoms with E-state index in [9.17, 15) is 14.7 Å². The Morgan fingerprint density at radius 1 is 1.38 bits per heavy atom. The molecule has 2 heterocycles. The molecule has 1 amide bonds. The molecule has 118 valence electrons. The average molecular weight is 360 g/mol. The molecule has 4 atom stereocenters. The zero-order chi connectivity index (χ0) is 15.3. The molecular formula is C15H22BrNO4. The molecule has 0 aromatic rings. The lowest BCUT2D eigenvalue weighted by Gasteiger charge is -2.55. The van der Waals surface area contributed by atoms with Crippen molar-refractivity contribution in [3.05, 3.63) is 0 Å². The molecular weight excluding hydrogens is 338 g/mol. The van der Waals surface area contributed by atoms with Crippen molar-refractivity contribution in [1.82, 2.24) is 5.32 Å². The Kier molecular flexibility index (Phi) is 3.81. The molecule has 1 saturated carbocycles. The fourth-order valence-electron chi connectivity index (χ4n) is 4.37. The van der Waals surface area contributed by atoms with Gasteiger partial charge in [-0.1, -0.05) is 35.2 Å². The maximum absolute atomic E-state index is 12.3. The lowest BCUT2D eigenvalue weighted by atomic mass is 9.64. The van der Waals surface area contributed by atoms with Crippen LogP contribution in [0.1, 0.15) is 45.4 Å². The highest BCUT2D eigenvalue weighted by molar-refractivity contribution is 9.09. The molecule has 3 aliphatic rings. The fraction of sp³-hybridized carbons (Fsp3) is 0.867. The lowest BCUT2D eigenvalue weighted by molar-refractivity contribution is -0.240. The molecule has 0 radical (unpaired) electrons. The molecule has 0 bridgehead atoms. The number of hydrogen-bond donors (Lipinski definition) is 2. The van der Waals surface area contributed by atoms with Gasteiger partial charge in [0.1, 0.15) is 0 Å². The summed E-state index contributed by atoms with van der Waals surface area (Å²) in [5.74, 6) is -0.993. The van der Waals surface area contributed by atoms with Gasteiger partial charge in [-0.3, -0.25) is 4.79 Å². The van der Waals surface area contributed by atoms with Crippen LogP contribution in [0, 0.1) is 11.8 Å². The molecule has 0 unspecified atom stereocenters. The Hall–Kier alpha value is -0.620. The summed E-state index contributed by atoms with van der Waals surface area (Å²) < 4.78 is 5.40. The predicted octanol–water partition coefficient (Wildman–Crippen LogP) is 1.51. The lowest BCUT2D eigenvalue weighted by Crippen LogP contribution is -2.80. The molecule has 3 fully saturated rings. The molecule has 0 aromatic heterocycles. The molecule has 2 saturated heterocycles. The van der Waals surface area contributed by atoms with E-state index in [-0.39, 0.29) is 11.8 Å². The van der Waals surface area contributed by atoms with Gasteiger partial charge in [0.05, 0.1) is 12.0 Å². The van der Waals surface area contributed by atoms with E-state index in [1.54, 1.807) is 6.92 Å². The van der Waals surface area contributed by atoms with Crippen molar-refractivity contribution in [2.24, 2.45) is 11.8 Å². The van der Waals surface area contributed by atoms with Crippen LogP contribution in [0.15, 0.2) is 0 Å². The third-order valence-corrected chi connectivity index (χ3v) is 6.11. The van der Waals surface area contributed by atoms with Crippen LogP contribution in [-0.4, -0.2) is 39.6 Å². The number of halogens is 1. The molecule has 21 heavy (non-hydrogen) atoms. The number of ether oxygens (including phenoxy) is 1. The van der Waals surface area contributed by atoms with Crippen molar-refractivity contribution < 1.29 is 19.4 Å². The molecule has 5 nitrogen and oxygen atoms in total. The number of fused-ring (bicyclic) bond motifs is 1. The standard InChI is InChI=1S/C15H22BrNO4/c1-14-10(7-8-16)12(19)17-15(14,13(20)21-14)11(18)9-5-3-2-4-6-9/h9-11,18H,2-8H2,1H3,(H,17,19)/t10-,11-,14-,15-/m0/s1. The first kappa shape index (κ1) is 15.3. The Morgan fingerprint density at radius 3 is 2.62 bits per heavy atom. The van der Waals surface area contributed by atoms with E-state index in [1.165, 1.54) is 6.42 Å². The first-order valence-electron chi connectivity index (χ1n) is 7.77. The minimum atomic E-state index is -1.24. The van der Waals surface area contributed by atoms with Gasteiger partial charge in [-0.05, 0) is 32.1 Å². The number of alkyl halides is 1. The largest absolute Gasteiger partial charge is 0.453 e.